The molecule has 7 heteroatoms. The Balaban J connectivity index is 1.43. The van der Waals surface area contributed by atoms with E-state index in [1.54, 1.807) is 11.8 Å². The maximum absolute atomic E-state index is 12.8. The monoisotopic (exact) mass is 379 g/mol. The number of nitrogens with zero attached hydrogens (tertiary/aromatic N) is 2. The molecule has 0 aromatic rings. The van der Waals surface area contributed by atoms with Gasteiger partial charge in [0.25, 0.3) is 0 Å². The molecule has 0 aromatic heterocycles. The van der Waals surface area contributed by atoms with Gasteiger partial charge in [0.15, 0.2) is 0 Å². The van der Waals surface area contributed by atoms with Crippen molar-refractivity contribution in [3.8, 4) is 0 Å². The first kappa shape index (κ1) is 20.0. The molecule has 0 spiro atoms. The molecule has 3 rings (SSSR count). The molecule has 27 heavy (non-hydrogen) atoms. The Morgan fingerprint density at radius 2 is 1.74 bits per heavy atom. The summed E-state index contributed by atoms with van der Waals surface area (Å²) < 4.78 is 5.02. The zero-order valence-electron chi connectivity index (χ0n) is 16.6. The number of nitrogens with one attached hydrogen (secondary N) is 1. The fraction of sp³-hybridized carbons (Fsp3) is 0.850. The van der Waals surface area contributed by atoms with Gasteiger partial charge in [-0.2, -0.15) is 0 Å². The quantitative estimate of drug-likeness (QED) is 0.794. The van der Waals surface area contributed by atoms with Gasteiger partial charge < -0.3 is 19.9 Å². The zero-order chi connectivity index (χ0) is 19.4. The van der Waals surface area contributed by atoms with Gasteiger partial charge in [0, 0.05) is 31.7 Å². The van der Waals surface area contributed by atoms with E-state index in [9.17, 15) is 14.4 Å². The van der Waals surface area contributed by atoms with E-state index in [4.69, 9.17) is 4.74 Å². The number of rotatable bonds is 5. The summed E-state index contributed by atoms with van der Waals surface area (Å²) in [5, 5.41) is 3.10. The predicted octanol–water partition coefficient (Wildman–Crippen LogP) is 2.15. The standard InChI is InChI=1S/C20H33N3O4/c1-3-15-7-5-6-10-23(15)19(25)17-13-16(17)18(24)21-14-8-11-22(12-9-14)20(26)27-4-2/h14-17H,3-13H2,1-2H3,(H,21,24). The van der Waals surface area contributed by atoms with Crippen molar-refractivity contribution in [2.24, 2.45) is 11.8 Å². The summed E-state index contributed by atoms with van der Waals surface area (Å²) in [4.78, 5) is 40.8. The summed E-state index contributed by atoms with van der Waals surface area (Å²) in [6.45, 7) is 6.35. The molecule has 0 aromatic carbocycles. The lowest BCUT2D eigenvalue weighted by Crippen LogP contribution is -2.47. The lowest BCUT2D eigenvalue weighted by molar-refractivity contribution is -0.138. The lowest BCUT2D eigenvalue weighted by Gasteiger charge is -2.35. The molecule has 1 saturated carbocycles. The fourth-order valence-corrected chi connectivity index (χ4v) is 4.42. The molecule has 3 unspecified atom stereocenters. The summed E-state index contributed by atoms with van der Waals surface area (Å²) in [6, 6.07) is 0.431. The van der Waals surface area contributed by atoms with E-state index in [1.165, 1.54) is 6.42 Å². The van der Waals surface area contributed by atoms with Crippen molar-refractivity contribution < 1.29 is 19.1 Å². The van der Waals surface area contributed by atoms with E-state index in [-0.39, 0.29) is 35.8 Å². The molecule has 2 heterocycles. The van der Waals surface area contributed by atoms with Crippen molar-refractivity contribution in [2.75, 3.05) is 26.2 Å². The molecule has 152 valence electrons. The Morgan fingerprint density at radius 3 is 2.41 bits per heavy atom. The average Bonchev–Trinajstić information content (AvgIpc) is 3.49. The predicted molar refractivity (Wildman–Crippen MR) is 101 cm³/mol. The average molecular weight is 380 g/mol. The van der Waals surface area contributed by atoms with Crippen LogP contribution in [0.5, 0.6) is 0 Å². The SMILES string of the molecule is CCOC(=O)N1CCC(NC(=O)C2CC2C(=O)N2CCCCC2CC)CC1. The van der Waals surface area contributed by atoms with E-state index in [1.807, 2.05) is 4.90 Å². The van der Waals surface area contributed by atoms with E-state index >= 15 is 0 Å². The minimum Gasteiger partial charge on any atom is -0.450 e. The molecule has 2 saturated heterocycles. The molecule has 0 bridgehead atoms. The van der Waals surface area contributed by atoms with Crippen molar-refractivity contribution in [1.82, 2.24) is 15.1 Å². The van der Waals surface area contributed by atoms with E-state index in [0.29, 0.717) is 32.2 Å². The van der Waals surface area contributed by atoms with Gasteiger partial charge in [-0.15, -0.1) is 0 Å². The number of piperidine rings is 2. The van der Waals surface area contributed by atoms with Crippen LogP contribution in [0.15, 0.2) is 0 Å². The number of likely N-dealkylation sites (tertiary alicyclic amines) is 2. The number of carbonyl (C=O) groups is 3. The first-order chi connectivity index (χ1) is 13.0. The minimum atomic E-state index is -0.276. The van der Waals surface area contributed by atoms with Gasteiger partial charge >= 0.3 is 6.09 Å². The van der Waals surface area contributed by atoms with Gasteiger partial charge in [-0.25, -0.2) is 4.79 Å². The van der Waals surface area contributed by atoms with Crippen molar-refractivity contribution in [3.63, 3.8) is 0 Å². The third-order valence-electron chi connectivity index (χ3n) is 6.19. The molecular weight excluding hydrogens is 346 g/mol. The third kappa shape index (κ3) is 4.74. The number of ether oxygens (including phenoxy) is 1. The highest BCUT2D eigenvalue weighted by Crippen LogP contribution is 2.41. The number of hydrogen-bond donors (Lipinski definition) is 1. The summed E-state index contributed by atoms with van der Waals surface area (Å²) in [7, 11) is 0. The van der Waals surface area contributed by atoms with Gasteiger partial charge in [-0.1, -0.05) is 6.92 Å². The second kappa shape index (κ2) is 8.93. The van der Waals surface area contributed by atoms with Crippen LogP contribution in [0.3, 0.4) is 0 Å². The summed E-state index contributed by atoms with van der Waals surface area (Å²) in [5.41, 5.74) is 0. The van der Waals surface area contributed by atoms with E-state index < -0.39 is 0 Å². The number of hydrogen-bond acceptors (Lipinski definition) is 4. The maximum atomic E-state index is 12.8. The number of amides is 3. The summed E-state index contributed by atoms with van der Waals surface area (Å²) in [6.07, 6.45) is 6.23. The largest absolute Gasteiger partial charge is 0.450 e. The van der Waals surface area contributed by atoms with Gasteiger partial charge in [0.1, 0.15) is 0 Å². The highest BCUT2D eigenvalue weighted by atomic mass is 16.6. The number of carbonyl (C=O) groups excluding carboxylic acids is 3. The van der Waals surface area contributed by atoms with Crippen molar-refractivity contribution in [3.05, 3.63) is 0 Å². The molecule has 1 aliphatic carbocycles. The molecule has 2 aliphatic heterocycles. The highest BCUT2D eigenvalue weighted by Gasteiger charge is 2.50. The third-order valence-corrected chi connectivity index (χ3v) is 6.19. The van der Waals surface area contributed by atoms with Gasteiger partial charge in [-0.05, 0) is 51.9 Å². The van der Waals surface area contributed by atoms with Gasteiger partial charge in [-0.3, -0.25) is 9.59 Å². The second-order valence-electron chi connectivity index (χ2n) is 8.01. The normalized spacial score (nSPS) is 28.6. The van der Waals surface area contributed by atoms with E-state index in [0.717, 1.165) is 38.6 Å². The maximum Gasteiger partial charge on any atom is 0.409 e. The van der Waals surface area contributed by atoms with Crippen molar-refractivity contribution in [1.29, 1.82) is 0 Å². The van der Waals surface area contributed by atoms with Crippen LogP contribution in [0.1, 0.15) is 58.8 Å². The molecule has 1 N–H and O–H groups in total. The van der Waals surface area contributed by atoms with Gasteiger partial charge in [0.2, 0.25) is 11.8 Å². The van der Waals surface area contributed by atoms with Crippen LogP contribution in [-0.2, 0) is 14.3 Å². The highest BCUT2D eigenvalue weighted by molar-refractivity contribution is 5.92. The lowest BCUT2D eigenvalue weighted by atomic mass is 9.99. The Bertz CT molecular complexity index is 559. The molecule has 7 nitrogen and oxygen atoms in total. The first-order valence-electron chi connectivity index (χ1n) is 10.6. The smallest absolute Gasteiger partial charge is 0.409 e. The molecule has 3 amide bonds. The minimum absolute atomic E-state index is 0.00740. The first-order valence-corrected chi connectivity index (χ1v) is 10.6. The van der Waals surface area contributed by atoms with Gasteiger partial charge in [0.05, 0.1) is 18.4 Å². The Kier molecular flexibility index (Phi) is 6.60. The second-order valence-corrected chi connectivity index (χ2v) is 8.01. The van der Waals surface area contributed by atoms with Crippen molar-refractivity contribution >= 4 is 17.9 Å². The zero-order valence-corrected chi connectivity index (χ0v) is 16.6. The summed E-state index contributed by atoms with van der Waals surface area (Å²) in [5.74, 6) is -0.108. The van der Waals surface area contributed by atoms with Crippen LogP contribution in [0.2, 0.25) is 0 Å². The van der Waals surface area contributed by atoms with Crippen LogP contribution in [0.25, 0.3) is 0 Å². The molecular formula is C20H33N3O4. The fourth-order valence-electron chi connectivity index (χ4n) is 4.42. The Labute approximate surface area is 161 Å². The van der Waals surface area contributed by atoms with Crippen LogP contribution < -0.4 is 5.32 Å². The molecule has 0 radical (unpaired) electrons. The molecule has 3 atom stereocenters. The summed E-state index contributed by atoms with van der Waals surface area (Å²) >= 11 is 0. The van der Waals surface area contributed by atoms with E-state index in [2.05, 4.69) is 12.2 Å². The topological polar surface area (TPSA) is 79.0 Å². The van der Waals surface area contributed by atoms with Crippen LogP contribution in [-0.4, -0.2) is 66.0 Å². The molecule has 3 fully saturated rings. The Hall–Kier alpha value is -1.79. The van der Waals surface area contributed by atoms with Crippen LogP contribution in [0, 0.1) is 11.8 Å². The van der Waals surface area contributed by atoms with Crippen LogP contribution in [0.4, 0.5) is 4.79 Å². The van der Waals surface area contributed by atoms with Crippen molar-refractivity contribution in [2.45, 2.75) is 70.9 Å². The Morgan fingerprint density at radius 1 is 1.00 bits per heavy atom. The molecule has 3 aliphatic rings. The van der Waals surface area contributed by atoms with Crippen LogP contribution >= 0.6 is 0 Å².